The highest BCUT2D eigenvalue weighted by Gasteiger charge is 2.13. The standard InChI is InChI=1S/C13H10ClFO2/c1-2-11(16)13-6-5-12(17-13)9-4-3-8(14)7-10(9)15/h3-7H,2H2,1H3. The molecule has 2 nitrogen and oxygen atoms in total. The van der Waals surface area contributed by atoms with E-state index in [2.05, 4.69) is 0 Å². The minimum atomic E-state index is -0.470. The number of Topliss-reactive ketones (excluding diaryl/α,β-unsaturated/α-hetero) is 1. The first-order chi connectivity index (χ1) is 8.11. The van der Waals surface area contributed by atoms with Crippen LogP contribution >= 0.6 is 11.6 Å². The van der Waals surface area contributed by atoms with E-state index >= 15 is 0 Å². The van der Waals surface area contributed by atoms with Crippen LogP contribution in [-0.4, -0.2) is 5.78 Å². The third kappa shape index (κ3) is 2.39. The van der Waals surface area contributed by atoms with E-state index in [9.17, 15) is 9.18 Å². The number of carbonyl (C=O) groups is 1. The highest BCUT2D eigenvalue weighted by molar-refractivity contribution is 6.30. The molecule has 88 valence electrons. The van der Waals surface area contributed by atoms with Gasteiger partial charge in [-0.05, 0) is 30.3 Å². The van der Waals surface area contributed by atoms with Crippen LogP contribution < -0.4 is 0 Å². The lowest BCUT2D eigenvalue weighted by Crippen LogP contribution is -1.92. The van der Waals surface area contributed by atoms with Gasteiger partial charge in [-0.25, -0.2) is 4.39 Å². The Hall–Kier alpha value is -1.61. The third-order valence-corrected chi connectivity index (χ3v) is 2.63. The number of rotatable bonds is 3. The molecule has 0 aliphatic rings. The fourth-order valence-corrected chi connectivity index (χ4v) is 1.65. The van der Waals surface area contributed by atoms with Gasteiger partial charge in [-0.2, -0.15) is 0 Å². The zero-order valence-corrected chi connectivity index (χ0v) is 9.92. The van der Waals surface area contributed by atoms with Gasteiger partial charge in [-0.3, -0.25) is 4.79 Å². The van der Waals surface area contributed by atoms with Gasteiger partial charge in [0, 0.05) is 11.4 Å². The van der Waals surface area contributed by atoms with Crippen LogP contribution in [-0.2, 0) is 0 Å². The van der Waals surface area contributed by atoms with Crippen molar-refractivity contribution in [3.63, 3.8) is 0 Å². The van der Waals surface area contributed by atoms with Gasteiger partial charge in [0.1, 0.15) is 11.6 Å². The second-order valence-electron chi connectivity index (χ2n) is 3.56. The lowest BCUT2D eigenvalue weighted by molar-refractivity contribution is 0.0962. The van der Waals surface area contributed by atoms with Gasteiger partial charge < -0.3 is 4.42 Å². The minimum Gasteiger partial charge on any atom is -0.453 e. The highest BCUT2D eigenvalue weighted by atomic mass is 35.5. The quantitative estimate of drug-likeness (QED) is 0.761. The Kier molecular flexibility index (Phi) is 3.29. The summed E-state index contributed by atoms with van der Waals surface area (Å²) in [5, 5.41) is 0.322. The molecule has 0 unspecified atom stereocenters. The molecule has 0 aliphatic carbocycles. The number of hydrogen-bond donors (Lipinski definition) is 0. The summed E-state index contributed by atoms with van der Waals surface area (Å²) < 4.78 is 18.9. The zero-order valence-electron chi connectivity index (χ0n) is 9.17. The van der Waals surface area contributed by atoms with Gasteiger partial charge in [0.25, 0.3) is 0 Å². The fourth-order valence-electron chi connectivity index (χ4n) is 1.50. The number of hydrogen-bond acceptors (Lipinski definition) is 2. The molecule has 4 heteroatoms. The van der Waals surface area contributed by atoms with Gasteiger partial charge in [-0.1, -0.05) is 18.5 Å². The van der Waals surface area contributed by atoms with Crippen LogP contribution in [0, 0.1) is 5.82 Å². The van der Waals surface area contributed by atoms with Crippen molar-refractivity contribution >= 4 is 17.4 Å². The molecule has 1 heterocycles. The number of furan rings is 1. The molecular weight excluding hydrogens is 243 g/mol. The SMILES string of the molecule is CCC(=O)c1ccc(-c2ccc(Cl)cc2F)o1. The summed E-state index contributed by atoms with van der Waals surface area (Å²) in [5.74, 6) is 0.000728. The molecule has 17 heavy (non-hydrogen) atoms. The van der Waals surface area contributed by atoms with Crippen molar-refractivity contribution in [2.45, 2.75) is 13.3 Å². The Morgan fingerprint density at radius 1 is 1.35 bits per heavy atom. The number of benzene rings is 1. The number of halogens is 2. The Balaban J connectivity index is 2.40. The largest absolute Gasteiger partial charge is 0.453 e. The van der Waals surface area contributed by atoms with Crippen molar-refractivity contribution in [2.24, 2.45) is 0 Å². The van der Waals surface area contributed by atoms with Crippen molar-refractivity contribution in [3.8, 4) is 11.3 Å². The maximum Gasteiger partial charge on any atom is 0.197 e. The maximum atomic E-state index is 13.6. The third-order valence-electron chi connectivity index (χ3n) is 2.40. The Morgan fingerprint density at radius 2 is 2.12 bits per heavy atom. The van der Waals surface area contributed by atoms with Gasteiger partial charge in [0.2, 0.25) is 0 Å². The van der Waals surface area contributed by atoms with Crippen molar-refractivity contribution < 1.29 is 13.6 Å². The molecule has 1 aromatic heterocycles. The summed E-state index contributed by atoms with van der Waals surface area (Å²) in [6, 6.07) is 7.44. The highest BCUT2D eigenvalue weighted by Crippen LogP contribution is 2.27. The average Bonchev–Trinajstić information content (AvgIpc) is 2.77. The average molecular weight is 253 g/mol. The van der Waals surface area contributed by atoms with Crippen molar-refractivity contribution in [2.75, 3.05) is 0 Å². The molecule has 0 saturated carbocycles. The van der Waals surface area contributed by atoms with E-state index in [1.165, 1.54) is 12.1 Å². The molecule has 1 aromatic carbocycles. The molecule has 0 spiro atoms. The van der Waals surface area contributed by atoms with E-state index in [-0.39, 0.29) is 11.5 Å². The molecule has 0 radical (unpaired) electrons. The van der Waals surface area contributed by atoms with Gasteiger partial charge >= 0.3 is 0 Å². The monoisotopic (exact) mass is 252 g/mol. The summed E-state index contributed by atoms with van der Waals surface area (Å²) in [6.45, 7) is 1.74. The van der Waals surface area contributed by atoms with E-state index in [4.69, 9.17) is 16.0 Å². The minimum absolute atomic E-state index is 0.106. The Morgan fingerprint density at radius 3 is 2.76 bits per heavy atom. The van der Waals surface area contributed by atoms with Crippen LogP contribution in [0.25, 0.3) is 11.3 Å². The predicted octanol–water partition coefficient (Wildman–Crippen LogP) is 4.33. The second-order valence-corrected chi connectivity index (χ2v) is 4.00. The lowest BCUT2D eigenvalue weighted by atomic mass is 10.1. The summed E-state index contributed by atoms with van der Waals surface area (Å²) in [6.07, 6.45) is 0.357. The summed E-state index contributed by atoms with van der Waals surface area (Å²) in [7, 11) is 0. The molecule has 0 saturated heterocycles. The summed E-state index contributed by atoms with van der Waals surface area (Å²) >= 11 is 5.66. The Bertz CT molecular complexity index is 560. The maximum absolute atomic E-state index is 13.6. The van der Waals surface area contributed by atoms with E-state index in [0.29, 0.717) is 22.8 Å². The van der Waals surface area contributed by atoms with Crippen LogP contribution in [0.1, 0.15) is 23.9 Å². The first-order valence-corrected chi connectivity index (χ1v) is 5.58. The molecule has 2 rings (SSSR count). The lowest BCUT2D eigenvalue weighted by Gasteiger charge is -1.99. The smallest absolute Gasteiger partial charge is 0.197 e. The first-order valence-electron chi connectivity index (χ1n) is 5.20. The van der Waals surface area contributed by atoms with Crippen LogP contribution in [0.3, 0.4) is 0 Å². The molecule has 0 fully saturated rings. The van der Waals surface area contributed by atoms with E-state index < -0.39 is 5.82 Å². The summed E-state index contributed by atoms with van der Waals surface area (Å²) in [5.41, 5.74) is 0.296. The van der Waals surface area contributed by atoms with E-state index in [0.717, 1.165) is 0 Å². The number of ketones is 1. The first kappa shape index (κ1) is 11.9. The summed E-state index contributed by atoms with van der Waals surface area (Å²) in [4.78, 5) is 11.4. The normalized spacial score (nSPS) is 10.5. The predicted molar refractivity (Wildman–Crippen MR) is 63.7 cm³/mol. The molecule has 0 atom stereocenters. The van der Waals surface area contributed by atoms with Gasteiger partial charge in [0.05, 0.1) is 5.56 Å². The van der Waals surface area contributed by atoms with Crippen molar-refractivity contribution in [1.82, 2.24) is 0 Å². The van der Waals surface area contributed by atoms with Gasteiger partial charge in [0.15, 0.2) is 11.5 Å². The van der Waals surface area contributed by atoms with Crippen molar-refractivity contribution in [1.29, 1.82) is 0 Å². The van der Waals surface area contributed by atoms with Crippen LogP contribution in [0.4, 0.5) is 4.39 Å². The van der Waals surface area contributed by atoms with Crippen molar-refractivity contribution in [3.05, 3.63) is 46.9 Å². The second kappa shape index (κ2) is 4.72. The fraction of sp³-hybridized carbons (Fsp3) is 0.154. The van der Waals surface area contributed by atoms with E-state index in [1.54, 1.807) is 25.1 Å². The molecule has 0 amide bonds. The van der Waals surface area contributed by atoms with Crippen LogP contribution in [0.2, 0.25) is 5.02 Å². The molecule has 0 aliphatic heterocycles. The van der Waals surface area contributed by atoms with E-state index in [1.807, 2.05) is 0 Å². The molecule has 2 aromatic rings. The number of carbonyl (C=O) groups excluding carboxylic acids is 1. The topological polar surface area (TPSA) is 30.2 Å². The molecule has 0 bridgehead atoms. The van der Waals surface area contributed by atoms with Crippen LogP contribution in [0.15, 0.2) is 34.7 Å². The van der Waals surface area contributed by atoms with Gasteiger partial charge in [-0.15, -0.1) is 0 Å². The Labute approximate surface area is 103 Å². The van der Waals surface area contributed by atoms with Crippen LogP contribution in [0.5, 0.6) is 0 Å². The molecule has 0 N–H and O–H groups in total. The molecular formula is C13H10ClFO2. The zero-order chi connectivity index (χ0) is 12.4.